The summed E-state index contributed by atoms with van der Waals surface area (Å²) in [4.78, 5) is 12.2. The molecule has 2 nitrogen and oxygen atoms in total. The zero-order chi connectivity index (χ0) is 17.9. The lowest BCUT2D eigenvalue weighted by molar-refractivity contribution is -0.138. The second kappa shape index (κ2) is 11.1. The molecule has 0 aliphatic heterocycles. The Kier molecular flexibility index (Phi) is 9.44. The van der Waals surface area contributed by atoms with Crippen LogP contribution in [0.1, 0.15) is 72.6 Å². The molecule has 0 aromatic rings. The molecule has 0 N–H and O–H groups in total. The van der Waals surface area contributed by atoms with Gasteiger partial charge in [-0.25, -0.2) is 4.79 Å². The molecule has 0 unspecified atom stereocenters. The van der Waals surface area contributed by atoms with E-state index in [1.54, 1.807) is 0 Å². The van der Waals surface area contributed by atoms with Crippen LogP contribution in [0.15, 0.2) is 47.1 Å². The Morgan fingerprint density at radius 3 is 2.38 bits per heavy atom. The molecule has 1 aliphatic carbocycles. The first kappa shape index (κ1) is 20.5. The van der Waals surface area contributed by atoms with E-state index in [-0.39, 0.29) is 5.97 Å². The molecule has 2 heteroatoms. The van der Waals surface area contributed by atoms with Gasteiger partial charge in [-0.3, -0.25) is 0 Å². The molecule has 0 radical (unpaired) electrons. The Labute approximate surface area is 148 Å². The van der Waals surface area contributed by atoms with Gasteiger partial charge < -0.3 is 4.74 Å². The maximum Gasteiger partial charge on any atom is 0.333 e. The minimum Gasteiger partial charge on any atom is -0.463 e. The molecule has 0 fully saturated rings. The third kappa shape index (κ3) is 7.81. The molecule has 0 amide bonds. The molecule has 1 aliphatic rings. The average Bonchev–Trinajstić information content (AvgIpc) is 2.52. The van der Waals surface area contributed by atoms with Crippen molar-refractivity contribution in [1.29, 1.82) is 0 Å². The summed E-state index contributed by atoms with van der Waals surface area (Å²) >= 11 is 0. The highest BCUT2D eigenvalue weighted by atomic mass is 16.5. The van der Waals surface area contributed by atoms with Gasteiger partial charge in [0.2, 0.25) is 0 Å². The number of hydrogen-bond acceptors (Lipinski definition) is 2. The summed E-state index contributed by atoms with van der Waals surface area (Å²) in [6, 6.07) is 0. The maximum absolute atomic E-state index is 12.2. The van der Waals surface area contributed by atoms with Crippen LogP contribution in [0.25, 0.3) is 0 Å². The van der Waals surface area contributed by atoms with Crippen LogP contribution >= 0.6 is 0 Å². The van der Waals surface area contributed by atoms with Gasteiger partial charge in [0, 0.05) is 5.57 Å². The number of hydrogen-bond donors (Lipinski definition) is 0. The van der Waals surface area contributed by atoms with Gasteiger partial charge >= 0.3 is 5.97 Å². The number of allylic oxidation sites excluding steroid dienone is 6. The maximum atomic E-state index is 12.2. The van der Waals surface area contributed by atoms with E-state index in [1.165, 1.54) is 16.7 Å². The SMILES string of the molecule is C=C(C)[C@H]1C/C=C(\C(=O)OCC)CC/C=C(\C)CC/C=C(\C)CC1. The predicted molar refractivity (Wildman–Crippen MR) is 103 cm³/mol. The highest BCUT2D eigenvalue weighted by Crippen LogP contribution is 2.25. The van der Waals surface area contributed by atoms with E-state index in [0.717, 1.165) is 50.5 Å². The number of carbonyl (C=O) groups excluding carboxylic acids is 1. The molecule has 134 valence electrons. The van der Waals surface area contributed by atoms with Crippen molar-refractivity contribution in [1.82, 2.24) is 0 Å². The van der Waals surface area contributed by atoms with Crippen LogP contribution in [0.2, 0.25) is 0 Å². The number of ether oxygens (including phenoxy) is 1. The highest BCUT2D eigenvalue weighted by Gasteiger charge is 2.13. The minimum absolute atomic E-state index is 0.160. The molecule has 24 heavy (non-hydrogen) atoms. The molecule has 1 rings (SSSR count). The molecule has 0 saturated heterocycles. The number of esters is 1. The van der Waals surface area contributed by atoms with Gasteiger partial charge in [0.25, 0.3) is 0 Å². The lowest BCUT2D eigenvalue weighted by Gasteiger charge is -2.17. The van der Waals surface area contributed by atoms with Crippen LogP contribution in [0.3, 0.4) is 0 Å². The Bertz CT molecular complexity index is 520. The van der Waals surface area contributed by atoms with Crippen LogP contribution in [-0.2, 0) is 9.53 Å². The van der Waals surface area contributed by atoms with Crippen molar-refractivity contribution in [2.24, 2.45) is 5.92 Å². The minimum atomic E-state index is -0.160. The summed E-state index contributed by atoms with van der Waals surface area (Å²) in [5.74, 6) is 0.269. The topological polar surface area (TPSA) is 26.3 Å². The van der Waals surface area contributed by atoms with Gasteiger partial charge in [-0.1, -0.05) is 41.5 Å². The largest absolute Gasteiger partial charge is 0.463 e. The quantitative estimate of drug-likeness (QED) is 0.448. The summed E-state index contributed by atoms with van der Waals surface area (Å²) in [5.41, 5.74) is 4.88. The molecule has 0 spiro atoms. The zero-order valence-electron chi connectivity index (χ0n) is 16.0. The van der Waals surface area contributed by atoms with Crippen LogP contribution in [0.4, 0.5) is 0 Å². The summed E-state index contributed by atoms with van der Waals surface area (Å²) < 4.78 is 5.23. The van der Waals surface area contributed by atoms with E-state index in [4.69, 9.17) is 4.74 Å². The van der Waals surface area contributed by atoms with Gasteiger partial charge in [-0.2, -0.15) is 0 Å². The first-order valence-electron chi connectivity index (χ1n) is 9.26. The third-order valence-corrected chi connectivity index (χ3v) is 4.71. The standard InChI is InChI=1S/C22H34O2/c1-6-24-22(23)21-12-8-11-18(4)9-7-10-19(5)13-14-20(15-16-21)17(2)3/h10-11,16,20H,2,6-9,12-15H2,1,3-5H3/b18-11+,19-10+,21-16-/t20-/m1/s1. The van der Waals surface area contributed by atoms with Gasteiger partial charge in [0.05, 0.1) is 6.61 Å². The molecule has 0 aromatic heterocycles. The Morgan fingerprint density at radius 2 is 1.75 bits per heavy atom. The monoisotopic (exact) mass is 330 g/mol. The fourth-order valence-corrected chi connectivity index (χ4v) is 2.99. The Hall–Kier alpha value is -1.57. The van der Waals surface area contributed by atoms with Crippen LogP contribution in [0, 0.1) is 5.92 Å². The summed E-state index contributed by atoms with van der Waals surface area (Å²) in [5, 5.41) is 0. The summed E-state index contributed by atoms with van der Waals surface area (Å²) in [7, 11) is 0. The Balaban J connectivity index is 2.97. The van der Waals surface area contributed by atoms with Crippen molar-refractivity contribution >= 4 is 5.97 Å². The van der Waals surface area contributed by atoms with Gasteiger partial charge in [-0.05, 0) is 78.6 Å². The third-order valence-electron chi connectivity index (χ3n) is 4.71. The normalized spacial score (nSPS) is 27.5. The first-order valence-corrected chi connectivity index (χ1v) is 9.26. The Morgan fingerprint density at radius 1 is 1.12 bits per heavy atom. The molecule has 1 atom stereocenters. The highest BCUT2D eigenvalue weighted by molar-refractivity contribution is 5.88. The first-order chi connectivity index (χ1) is 11.4. The van der Waals surface area contributed by atoms with Crippen LogP contribution < -0.4 is 0 Å². The van der Waals surface area contributed by atoms with Crippen molar-refractivity contribution in [2.45, 2.75) is 72.6 Å². The summed E-state index contributed by atoms with van der Waals surface area (Å²) in [6.45, 7) is 12.9. The van der Waals surface area contributed by atoms with Gasteiger partial charge in [0.1, 0.15) is 0 Å². The molecular weight excluding hydrogens is 296 g/mol. The van der Waals surface area contributed by atoms with Crippen molar-refractivity contribution < 1.29 is 9.53 Å². The van der Waals surface area contributed by atoms with Gasteiger partial charge in [0.15, 0.2) is 0 Å². The van der Waals surface area contributed by atoms with E-state index >= 15 is 0 Å². The van der Waals surface area contributed by atoms with E-state index in [0.29, 0.717) is 12.5 Å². The van der Waals surface area contributed by atoms with Crippen molar-refractivity contribution in [2.75, 3.05) is 6.61 Å². The molecular formula is C22H34O2. The van der Waals surface area contributed by atoms with Gasteiger partial charge in [-0.15, -0.1) is 0 Å². The lowest BCUT2D eigenvalue weighted by atomic mass is 9.89. The number of rotatable bonds is 3. The zero-order valence-corrected chi connectivity index (χ0v) is 16.0. The fraction of sp³-hybridized carbons (Fsp3) is 0.591. The van der Waals surface area contributed by atoms with E-state index in [9.17, 15) is 4.79 Å². The summed E-state index contributed by atoms with van der Waals surface area (Å²) in [6.07, 6.45) is 13.7. The molecule has 0 aromatic carbocycles. The molecule has 0 heterocycles. The average molecular weight is 331 g/mol. The smallest absolute Gasteiger partial charge is 0.333 e. The predicted octanol–water partition coefficient (Wildman–Crippen LogP) is 6.31. The second-order valence-electron chi connectivity index (χ2n) is 6.95. The van der Waals surface area contributed by atoms with Crippen LogP contribution in [0.5, 0.6) is 0 Å². The van der Waals surface area contributed by atoms with Crippen molar-refractivity contribution in [3.05, 3.63) is 47.1 Å². The fourth-order valence-electron chi connectivity index (χ4n) is 2.99. The number of carbonyl (C=O) groups is 1. The molecule has 0 saturated carbocycles. The van der Waals surface area contributed by atoms with Crippen molar-refractivity contribution in [3.8, 4) is 0 Å². The van der Waals surface area contributed by atoms with E-state index in [1.807, 2.05) is 6.92 Å². The molecule has 0 bridgehead atoms. The lowest BCUT2D eigenvalue weighted by Crippen LogP contribution is -2.09. The van der Waals surface area contributed by atoms with Crippen molar-refractivity contribution in [3.63, 3.8) is 0 Å². The van der Waals surface area contributed by atoms with Crippen LogP contribution in [-0.4, -0.2) is 12.6 Å². The van der Waals surface area contributed by atoms with E-state index < -0.39 is 0 Å². The van der Waals surface area contributed by atoms with E-state index in [2.05, 4.69) is 45.6 Å². The second-order valence-corrected chi connectivity index (χ2v) is 6.95.